The number of hydrogen-bond donors (Lipinski definition) is 2. The van der Waals surface area contributed by atoms with Crippen LogP contribution in [-0.4, -0.2) is 20.9 Å². The van der Waals surface area contributed by atoms with E-state index in [0.29, 0.717) is 17.7 Å². The third-order valence-electron chi connectivity index (χ3n) is 4.07. The summed E-state index contributed by atoms with van der Waals surface area (Å²) in [6.45, 7) is 0.235. The fourth-order valence-corrected chi connectivity index (χ4v) is 3.74. The number of rotatable bonds is 7. The summed E-state index contributed by atoms with van der Waals surface area (Å²) in [7, 11) is -3.82. The smallest absolute Gasteiger partial charge is 0.261 e. The first-order chi connectivity index (χ1) is 13.5. The molecule has 3 aromatic rings. The van der Waals surface area contributed by atoms with Crippen LogP contribution in [0.1, 0.15) is 15.9 Å². The van der Waals surface area contributed by atoms with Crippen molar-refractivity contribution >= 4 is 21.6 Å². The van der Waals surface area contributed by atoms with Gasteiger partial charge in [0, 0.05) is 17.8 Å². The van der Waals surface area contributed by atoms with Crippen molar-refractivity contribution in [3.63, 3.8) is 0 Å². The minimum absolute atomic E-state index is 0.0156. The molecule has 3 rings (SSSR count). The van der Waals surface area contributed by atoms with Gasteiger partial charge in [-0.1, -0.05) is 42.5 Å². The summed E-state index contributed by atoms with van der Waals surface area (Å²) in [4.78, 5) is 12.3. The Morgan fingerprint density at radius 1 is 0.893 bits per heavy atom. The molecule has 0 aliphatic rings. The van der Waals surface area contributed by atoms with Gasteiger partial charge in [-0.05, 0) is 48.4 Å². The number of hydrogen-bond acceptors (Lipinski definition) is 3. The second kappa shape index (κ2) is 8.67. The summed E-state index contributed by atoms with van der Waals surface area (Å²) in [5, 5.41) is 2.68. The third-order valence-corrected chi connectivity index (χ3v) is 5.45. The van der Waals surface area contributed by atoms with Crippen molar-refractivity contribution in [2.75, 3.05) is 11.3 Å². The summed E-state index contributed by atoms with van der Waals surface area (Å²) in [6, 6.07) is 20.6. The summed E-state index contributed by atoms with van der Waals surface area (Å²) < 4.78 is 41.1. The largest absolute Gasteiger partial charge is 0.352 e. The van der Waals surface area contributed by atoms with E-state index in [1.165, 1.54) is 30.3 Å². The van der Waals surface area contributed by atoms with Gasteiger partial charge < -0.3 is 5.32 Å². The van der Waals surface area contributed by atoms with E-state index in [-0.39, 0.29) is 22.8 Å². The van der Waals surface area contributed by atoms with Crippen molar-refractivity contribution in [2.24, 2.45) is 0 Å². The molecule has 0 aromatic heterocycles. The van der Waals surface area contributed by atoms with E-state index >= 15 is 0 Å². The molecular weight excluding hydrogens is 379 g/mol. The number of anilines is 1. The topological polar surface area (TPSA) is 75.3 Å². The standard InChI is InChI=1S/C21H19FN2O3S/c22-20-12-5-4-7-16(20)13-14-23-21(25)17-8-6-11-19(15-17)28(26,27)24-18-9-2-1-3-10-18/h1-12,15,24H,13-14H2,(H,23,25). The van der Waals surface area contributed by atoms with Gasteiger partial charge in [-0.15, -0.1) is 0 Å². The molecule has 0 unspecified atom stereocenters. The molecule has 28 heavy (non-hydrogen) atoms. The predicted octanol–water partition coefficient (Wildman–Crippen LogP) is 3.60. The van der Waals surface area contributed by atoms with E-state index in [2.05, 4.69) is 10.0 Å². The molecule has 0 atom stereocenters. The highest BCUT2D eigenvalue weighted by Crippen LogP contribution is 2.17. The number of carbonyl (C=O) groups is 1. The fraction of sp³-hybridized carbons (Fsp3) is 0.0952. The normalized spacial score (nSPS) is 11.0. The number of carbonyl (C=O) groups excluding carboxylic acids is 1. The van der Waals surface area contributed by atoms with Crippen LogP contribution in [0.3, 0.4) is 0 Å². The van der Waals surface area contributed by atoms with Crippen LogP contribution in [0.15, 0.2) is 83.8 Å². The first-order valence-corrected chi connectivity index (χ1v) is 10.1. The van der Waals surface area contributed by atoms with E-state index in [0.717, 1.165) is 0 Å². The number of benzene rings is 3. The summed E-state index contributed by atoms with van der Waals surface area (Å²) in [5.74, 6) is -0.745. The van der Waals surface area contributed by atoms with Crippen LogP contribution in [0.2, 0.25) is 0 Å². The Labute approximate surface area is 163 Å². The lowest BCUT2D eigenvalue weighted by atomic mass is 10.1. The summed E-state index contributed by atoms with van der Waals surface area (Å²) in [6.07, 6.45) is 0.339. The highest BCUT2D eigenvalue weighted by molar-refractivity contribution is 7.92. The number of halogens is 1. The van der Waals surface area contributed by atoms with Gasteiger partial charge in [0.15, 0.2) is 0 Å². The van der Waals surface area contributed by atoms with Crippen LogP contribution in [0, 0.1) is 5.82 Å². The zero-order chi connectivity index (χ0) is 20.0. The quantitative estimate of drug-likeness (QED) is 0.639. The molecule has 144 valence electrons. The van der Waals surface area contributed by atoms with Crippen LogP contribution in [0.4, 0.5) is 10.1 Å². The van der Waals surface area contributed by atoms with Crippen LogP contribution in [0.5, 0.6) is 0 Å². The molecule has 0 radical (unpaired) electrons. The van der Waals surface area contributed by atoms with Crippen molar-refractivity contribution in [2.45, 2.75) is 11.3 Å². The zero-order valence-electron chi connectivity index (χ0n) is 14.9. The number of para-hydroxylation sites is 1. The fourth-order valence-electron chi connectivity index (χ4n) is 2.64. The van der Waals surface area contributed by atoms with Gasteiger partial charge >= 0.3 is 0 Å². The Morgan fingerprint density at radius 3 is 2.36 bits per heavy atom. The molecule has 0 saturated carbocycles. The molecule has 0 spiro atoms. The van der Waals surface area contributed by atoms with E-state index < -0.39 is 15.9 Å². The lowest BCUT2D eigenvalue weighted by Gasteiger charge is -2.10. The lowest BCUT2D eigenvalue weighted by molar-refractivity contribution is 0.0954. The highest BCUT2D eigenvalue weighted by Gasteiger charge is 2.16. The Morgan fingerprint density at radius 2 is 1.61 bits per heavy atom. The van der Waals surface area contributed by atoms with Gasteiger partial charge in [0.2, 0.25) is 0 Å². The average molecular weight is 398 g/mol. The maximum Gasteiger partial charge on any atom is 0.261 e. The van der Waals surface area contributed by atoms with Crippen molar-refractivity contribution < 1.29 is 17.6 Å². The molecule has 0 aliphatic carbocycles. The Hall–Kier alpha value is -3.19. The molecule has 0 heterocycles. The van der Waals surface area contributed by atoms with Crippen LogP contribution < -0.4 is 10.0 Å². The average Bonchev–Trinajstić information content (AvgIpc) is 2.70. The van der Waals surface area contributed by atoms with Crippen molar-refractivity contribution in [1.82, 2.24) is 5.32 Å². The third kappa shape index (κ3) is 4.95. The SMILES string of the molecule is O=C(NCCc1ccccc1F)c1cccc(S(=O)(=O)Nc2ccccc2)c1. The summed E-state index contributed by atoms with van der Waals surface area (Å²) >= 11 is 0. The van der Waals surface area contributed by atoms with Gasteiger partial charge in [-0.3, -0.25) is 9.52 Å². The number of sulfonamides is 1. The van der Waals surface area contributed by atoms with Gasteiger partial charge in [0.1, 0.15) is 5.82 Å². The maximum absolute atomic E-state index is 13.6. The predicted molar refractivity (Wildman–Crippen MR) is 106 cm³/mol. The van der Waals surface area contributed by atoms with E-state index in [1.54, 1.807) is 48.5 Å². The van der Waals surface area contributed by atoms with Gasteiger partial charge in [0.25, 0.3) is 15.9 Å². The second-order valence-electron chi connectivity index (χ2n) is 6.10. The van der Waals surface area contributed by atoms with E-state index in [1.807, 2.05) is 0 Å². The minimum Gasteiger partial charge on any atom is -0.352 e. The first kappa shape index (κ1) is 19.6. The van der Waals surface area contributed by atoms with Gasteiger partial charge in [0.05, 0.1) is 4.90 Å². The maximum atomic E-state index is 13.6. The molecule has 5 nitrogen and oxygen atoms in total. The Bertz CT molecular complexity index is 1070. The lowest BCUT2D eigenvalue weighted by Crippen LogP contribution is -2.26. The van der Waals surface area contributed by atoms with Gasteiger partial charge in [-0.25, -0.2) is 12.8 Å². The minimum atomic E-state index is -3.82. The molecule has 2 N–H and O–H groups in total. The summed E-state index contributed by atoms with van der Waals surface area (Å²) in [5.41, 5.74) is 1.15. The van der Waals surface area contributed by atoms with E-state index in [4.69, 9.17) is 0 Å². The van der Waals surface area contributed by atoms with Crippen molar-refractivity contribution in [1.29, 1.82) is 0 Å². The van der Waals surface area contributed by atoms with Gasteiger partial charge in [-0.2, -0.15) is 0 Å². The molecule has 0 saturated heterocycles. The number of nitrogens with one attached hydrogen (secondary N) is 2. The van der Waals surface area contributed by atoms with Crippen LogP contribution in [0.25, 0.3) is 0 Å². The molecule has 3 aromatic carbocycles. The molecular formula is C21H19FN2O3S. The van der Waals surface area contributed by atoms with Crippen molar-refractivity contribution in [3.05, 3.63) is 95.8 Å². The molecule has 0 fully saturated rings. The molecule has 0 aliphatic heterocycles. The van der Waals surface area contributed by atoms with E-state index in [9.17, 15) is 17.6 Å². The van der Waals surface area contributed by atoms with Crippen molar-refractivity contribution in [3.8, 4) is 0 Å². The van der Waals surface area contributed by atoms with Crippen LogP contribution in [-0.2, 0) is 16.4 Å². The molecule has 0 bridgehead atoms. The molecule has 1 amide bonds. The first-order valence-electron chi connectivity index (χ1n) is 8.65. The Balaban J connectivity index is 1.66. The number of amides is 1. The highest BCUT2D eigenvalue weighted by atomic mass is 32.2. The zero-order valence-corrected chi connectivity index (χ0v) is 15.7. The molecule has 7 heteroatoms. The monoisotopic (exact) mass is 398 g/mol. The van der Waals surface area contributed by atoms with Crippen LogP contribution >= 0.6 is 0 Å². The Kier molecular flexibility index (Phi) is 6.06. The second-order valence-corrected chi connectivity index (χ2v) is 7.78.